The molecule has 1 atom stereocenters. The van der Waals surface area contributed by atoms with Gasteiger partial charge in [-0.3, -0.25) is 9.59 Å². The van der Waals surface area contributed by atoms with Gasteiger partial charge in [-0.15, -0.1) is 0 Å². The van der Waals surface area contributed by atoms with Gasteiger partial charge in [0.25, 0.3) is 0 Å². The van der Waals surface area contributed by atoms with Crippen LogP contribution in [0.15, 0.2) is 18.2 Å². The van der Waals surface area contributed by atoms with Crippen molar-refractivity contribution in [3.8, 4) is 11.5 Å². The van der Waals surface area contributed by atoms with Crippen LogP contribution in [0.4, 0.5) is 0 Å². The molecular formula is C21H34N2O4. The highest BCUT2D eigenvalue weighted by molar-refractivity contribution is 5.79. The second kappa shape index (κ2) is 12.2. The van der Waals surface area contributed by atoms with Crippen LogP contribution in [0, 0.1) is 0 Å². The van der Waals surface area contributed by atoms with Crippen LogP contribution in [0.25, 0.3) is 0 Å². The van der Waals surface area contributed by atoms with Gasteiger partial charge in [0.05, 0.1) is 19.3 Å². The van der Waals surface area contributed by atoms with Crippen LogP contribution in [0.5, 0.6) is 11.5 Å². The number of ether oxygens (including phenoxy) is 2. The topological polar surface area (TPSA) is 67.9 Å². The van der Waals surface area contributed by atoms with Crippen molar-refractivity contribution in [3.05, 3.63) is 23.8 Å². The van der Waals surface area contributed by atoms with Gasteiger partial charge in [-0.2, -0.15) is 0 Å². The molecule has 1 aromatic rings. The Morgan fingerprint density at radius 2 is 1.63 bits per heavy atom. The largest absolute Gasteiger partial charge is 0.490 e. The normalized spacial score (nSPS) is 11.6. The van der Waals surface area contributed by atoms with E-state index >= 15 is 0 Å². The summed E-state index contributed by atoms with van der Waals surface area (Å²) in [6.07, 6.45) is 1.30. The molecule has 27 heavy (non-hydrogen) atoms. The molecule has 0 saturated heterocycles. The SMILES string of the molecule is CCOc1ccc(C(C)NC(=O)CCCC(=O)N(CC)CC)cc1OCC. The maximum absolute atomic E-state index is 12.2. The Labute approximate surface area is 163 Å². The number of carbonyl (C=O) groups excluding carboxylic acids is 2. The van der Waals surface area contributed by atoms with Crippen molar-refractivity contribution in [2.45, 2.75) is 59.9 Å². The molecule has 0 bridgehead atoms. The van der Waals surface area contributed by atoms with E-state index in [9.17, 15) is 9.59 Å². The van der Waals surface area contributed by atoms with E-state index in [0.29, 0.717) is 57.1 Å². The lowest BCUT2D eigenvalue weighted by atomic mass is 10.1. The van der Waals surface area contributed by atoms with Crippen LogP contribution in [0.2, 0.25) is 0 Å². The second-order valence-electron chi connectivity index (χ2n) is 6.28. The lowest BCUT2D eigenvalue weighted by Gasteiger charge is -2.19. The molecule has 0 aliphatic heterocycles. The quantitative estimate of drug-likeness (QED) is 0.602. The average Bonchev–Trinajstić information content (AvgIpc) is 2.64. The molecule has 1 unspecified atom stereocenters. The molecular weight excluding hydrogens is 344 g/mol. The van der Waals surface area contributed by atoms with Crippen molar-refractivity contribution < 1.29 is 19.1 Å². The van der Waals surface area contributed by atoms with Crippen LogP contribution in [0.1, 0.15) is 65.5 Å². The van der Waals surface area contributed by atoms with Crippen LogP contribution in [0.3, 0.4) is 0 Å². The summed E-state index contributed by atoms with van der Waals surface area (Å²) in [7, 11) is 0. The summed E-state index contributed by atoms with van der Waals surface area (Å²) < 4.78 is 11.2. The van der Waals surface area contributed by atoms with E-state index in [-0.39, 0.29) is 17.9 Å². The molecule has 1 aromatic carbocycles. The first-order valence-electron chi connectivity index (χ1n) is 9.93. The molecule has 6 nitrogen and oxygen atoms in total. The van der Waals surface area contributed by atoms with Gasteiger partial charge >= 0.3 is 0 Å². The number of benzene rings is 1. The summed E-state index contributed by atoms with van der Waals surface area (Å²) in [5, 5.41) is 2.99. The van der Waals surface area contributed by atoms with Gasteiger partial charge in [-0.1, -0.05) is 6.07 Å². The average molecular weight is 379 g/mol. The van der Waals surface area contributed by atoms with Crippen molar-refractivity contribution in [2.24, 2.45) is 0 Å². The van der Waals surface area contributed by atoms with E-state index in [1.807, 2.05) is 52.8 Å². The number of rotatable bonds is 12. The first-order chi connectivity index (χ1) is 13.0. The van der Waals surface area contributed by atoms with Crippen molar-refractivity contribution in [1.82, 2.24) is 10.2 Å². The highest BCUT2D eigenvalue weighted by atomic mass is 16.5. The predicted octanol–water partition coefficient (Wildman–Crippen LogP) is 3.70. The van der Waals surface area contributed by atoms with Gasteiger partial charge in [-0.25, -0.2) is 0 Å². The summed E-state index contributed by atoms with van der Waals surface area (Å²) in [4.78, 5) is 26.0. The minimum atomic E-state index is -0.147. The Morgan fingerprint density at radius 1 is 1.00 bits per heavy atom. The maximum atomic E-state index is 12.2. The van der Waals surface area contributed by atoms with Crippen molar-refractivity contribution in [3.63, 3.8) is 0 Å². The first kappa shape index (κ1) is 22.8. The van der Waals surface area contributed by atoms with E-state index in [1.54, 1.807) is 4.90 Å². The van der Waals surface area contributed by atoms with Crippen molar-refractivity contribution in [2.75, 3.05) is 26.3 Å². The smallest absolute Gasteiger partial charge is 0.222 e. The van der Waals surface area contributed by atoms with Crippen molar-refractivity contribution in [1.29, 1.82) is 0 Å². The molecule has 0 fully saturated rings. The Hall–Kier alpha value is -2.24. The third-order valence-electron chi connectivity index (χ3n) is 4.36. The fraction of sp³-hybridized carbons (Fsp3) is 0.619. The molecule has 0 radical (unpaired) electrons. The van der Waals surface area contributed by atoms with E-state index in [1.165, 1.54) is 0 Å². The third kappa shape index (κ3) is 7.49. The van der Waals surface area contributed by atoms with E-state index < -0.39 is 0 Å². The van der Waals surface area contributed by atoms with Gasteiger partial charge in [0, 0.05) is 25.9 Å². The summed E-state index contributed by atoms with van der Waals surface area (Å²) in [6, 6.07) is 5.56. The molecule has 1 N–H and O–H groups in total. The molecule has 0 heterocycles. The monoisotopic (exact) mass is 378 g/mol. The molecule has 0 aliphatic rings. The lowest BCUT2D eigenvalue weighted by Crippen LogP contribution is -2.31. The second-order valence-corrected chi connectivity index (χ2v) is 6.28. The van der Waals surface area contributed by atoms with E-state index in [4.69, 9.17) is 9.47 Å². The zero-order valence-corrected chi connectivity index (χ0v) is 17.3. The zero-order chi connectivity index (χ0) is 20.2. The highest BCUT2D eigenvalue weighted by Gasteiger charge is 2.14. The molecule has 1 rings (SSSR count). The number of nitrogens with one attached hydrogen (secondary N) is 1. The molecule has 0 saturated carbocycles. The molecule has 2 amide bonds. The maximum Gasteiger partial charge on any atom is 0.222 e. The lowest BCUT2D eigenvalue weighted by molar-refractivity contribution is -0.131. The van der Waals surface area contributed by atoms with Crippen LogP contribution < -0.4 is 14.8 Å². The molecule has 0 aliphatic carbocycles. The fourth-order valence-corrected chi connectivity index (χ4v) is 2.87. The minimum absolute atomic E-state index is 0.0540. The Kier molecular flexibility index (Phi) is 10.3. The van der Waals surface area contributed by atoms with Crippen LogP contribution in [-0.4, -0.2) is 43.0 Å². The number of carbonyl (C=O) groups is 2. The van der Waals surface area contributed by atoms with Crippen molar-refractivity contribution >= 4 is 11.8 Å². The van der Waals surface area contributed by atoms with E-state index in [0.717, 1.165) is 5.56 Å². The standard InChI is InChI=1S/C21H34N2O4/c1-6-23(7-2)21(25)12-10-11-20(24)22-16(5)17-13-14-18(26-8-3)19(15-17)27-9-4/h13-16H,6-12H2,1-5H3,(H,22,24). The van der Waals surface area contributed by atoms with Gasteiger partial charge in [0.15, 0.2) is 11.5 Å². The van der Waals surface area contributed by atoms with Crippen LogP contribution in [-0.2, 0) is 9.59 Å². The number of hydrogen-bond donors (Lipinski definition) is 1. The highest BCUT2D eigenvalue weighted by Crippen LogP contribution is 2.30. The molecule has 6 heteroatoms. The third-order valence-corrected chi connectivity index (χ3v) is 4.36. The fourth-order valence-electron chi connectivity index (χ4n) is 2.87. The van der Waals surface area contributed by atoms with Crippen LogP contribution >= 0.6 is 0 Å². The number of hydrogen-bond acceptors (Lipinski definition) is 4. The van der Waals surface area contributed by atoms with Gasteiger partial charge in [0.1, 0.15) is 0 Å². The van der Waals surface area contributed by atoms with Gasteiger partial charge in [-0.05, 0) is 58.7 Å². The molecule has 0 aromatic heterocycles. The molecule has 0 spiro atoms. The minimum Gasteiger partial charge on any atom is -0.490 e. The molecule has 152 valence electrons. The zero-order valence-electron chi connectivity index (χ0n) is 17.3. The predicted molar refractivity (Wildman–Crippen MR) is 107 cm³/mol. The number of nitrogens with zero attached hydrogens (tertiary/aromatic N) is 1. The summed E-state index contributed by atoms with van der Waals surface area (Å²) in [5.74, 6) is 1.44. The number of amides is 2. The Morgan fingerprint density at radius 3 is 2.22 bits per heavy atom. The summed E-state index contributed by atoms with van der Waals surface area (Å²) in [5.41, 5.74) is 0.953. The van der Waals surface area contributed by atoms with E-state index in [2.05, 4.69) is 5.32 Å². The Bertz CT molecular complexity index is 600. The summed E-state index contributed by atoms with van der Waals surface area (Å²) >= 11 is 0. The van der Waals surface area contributed by atoms with Gasteiger partial charge in [0.2, 0.25) is 11.8 Å². The first-order valence-corrected chi connectivity index (χ1v) is 9.93. The van der Waals surface area contributed by atoms with Gasteiger partial charge < -0.3 is 19.7 Å². The Balaban J connectivity index is 2.57. The summed E-state index contributed by atoms with van der Waals surface area (Å²) in [6.45, 7) is 12.2.